The van der Waals surface area contributed by atoms with Crippen molar-refractivity contribution in [3.63, 3.8) is 0 Å². The van der Waals surface area contributed by atoms with Gasteiger partial charge in [-0.1, -0.05) is 42.5 Å². The predicted octanol–water partition coefficient (Wildman–Crippen LogP) is 4.79. The normalized spacial score (nSPS) is 12.3. The number of carbonyl (C=O) groups is 1. The standard InChI is InChI=1S/C21H16F2O4S2/c22-18-8-4-5-9-20(18)28-21(24)19(23)14-15-10-12-16(13-11-15)27-29(25,26)17-6-2-1-3-7-17/h1-13,19H,14H2. The zero-order valence-corrected chi connectivity index (χ0v) is 16.6. The minimum Gasteiger partial charge on any atom is -0.379 e. The highest BCUT2D eigenvalue weighted by atomic mass is 32.2. The van der Waals surface area contributed by atoms with Gasteiger partial charge in [0.1, 0.15) is 16.5 Å². The van der Waals surface area contributed by atoms with E-state index in [1.165, 1.54) is 54.6 Å². The number of alkyl halides is 1. The summed E-state index contributed by atoms with van der Waals surface area (Å²) in [6.07, 6.45) is -2.05. The predicted molar refractivity (Wildman–Crippen MR) is 107 cm³/mol. The fourth-order valence-corrected chi connectivity index (χ4v) is 4.12. The molecule has 0 aliphatic carbocycles. The third-order valence-corrected chi connectivity index (χ3v) is 6.15. The molecule has 1 atom stereocenters. The molecule has 0 spiro atoms. The zero-order chi connectivity index (χ0) is 20.9. The highest BCUT2D eigenvalue weighted by Gasteiger charge is 2.21. The highest BCUT2D eigenvalue weighted by molar-refractivity contribution is 8.13. The lowest BCUT2D eigenvalue weighted by molar-refractivity contribution is -0.115. The van der Waals surface area contributed by atoms with Crippen LogP contribution in [0.25, 0.3) is 0 Å². The quantitative estimate of drug-likeness (QED) is 0.395. The SMILES string of the molecule is O=C(Sc1ccccc1F)C(F)Cc1ccc(OS(=O)(=O)c2ccccc2)cc1. The van der Waals surface area contributed by atoms with Crippen LogP contribution in [-0.4, -0.2) is 19.7 Å². The second-order valence-electron chi connectivity index (χ2n) is 6.02. The molecule has 0 N–H and O–H groups in total. The first-order valence-corrected chi connectivity index (χ1v) is 10.8. The van der Waals surface area contributed by atoms with E-state index in [-0.39, 0.29) is 22.0 Å². The second-order valence-corrected chi connectivity index (χ2v) is 8.61. The number of thioether (sulfide) groups is 1. The number of benzene rings is 3. The van der Waals surface area contributed by atoms with E-state index in [9.17, 15) is 22.0 Å². The summed E-state index contributed by atoms with van der Waals surface area (Å²) in [5, 5.41) is -0.804. The van der Waals surface area contributed by atoms with Crippen molar-refractivity contribution in [3.8, 4) is 5.75 Å². The van der Waals surface area contributed by atoms with Crippen molar-refractivity contribution in [3.05, 3.63) is 90.2 Å². The molecule has 3 aromatic carbocycles. The highest BCUT2D eigenvalue weighted by Crippen LogP contribution is 2.26. The topological polar surface area (TPSA) is 60.4 Å². The van der Waals surface area contributed by atoms with E-state index in [0.29, 0.717) is 17.3 Å². The van der Waals surface area contributed by atoms with Crippen molar-refractivity contribution in [1.29, 1.82) is 0 Å². The van der Waals surface area contributed by atoms with Crippen LogP contribution in [0.15, 0.2) is 88.7 Å². The molecule has 0 radical (unpaired) electrons. The molecule has 0 saturated carbocycles. The van der Waals surface area contributed by atoms with Gasteiger partial charge in [0, 0.05) is 6.42 Å². The minimum atomic E-state index is -3.97. The summed E-state index contributed by atoms with van der Waals surface area (Å²) < 4.78 is 57.3. The summed E-state index contributed by atoms with van der Waals surface area (Å²) in [5.74, 6) is -0.515. The van der Waals surface area contributed by atoms with Crippen LogP contribution in [0.3, 0.4) is 0 Å². The summed E-state index contributed by atoms with van der Waals surface area (Å²) in [6, 6.07) is 19.1. The largest absolute Gasteiger partial charge is 0.379 e. The van der Waals surface area contributed by atoms with Gasteiger partial charge in [-0.2, -0.15) is 8.42 Å². The number of rotatable bonds is 7. The number of carbonyl (C=O) groups excluding carboxylic acids is 1. The Kier molecular flexibility index (Phi) is 6.66. The van der Waals surface area contributed by atoms with Crippen molar-refractivity contribution in [1.82, 2.24) is 0 Å². The van der Waals surface area contributed by atoms with Crippen LogP contribution < -0.4 is 4.18 Å². The number of halogens is 2. The van der Waals surface area contributed by atoms with E-state index in [1.807, 2.05) is 0 Å². The Labute approximate surface area is 171 Å². The zero-order valence-electron chi connectivity index (χ0n) is 15.0. The Morgan fingerprint density at radius 2 is 1.55 bits per heavy atom. The maximum Gasteiger partial charge on any atom is 0.339 e. The summed E-state index contributed by atoms with van der Waals surface area (Å²) >= 11 is 0.513. The minimum absolute atomic E-state index is 0.0173. The summed E-state index contributed by atoms with van der Waals surface area (Å²) in [7, 11) is -3.97. The molecule has 29 heavy (non-hydrogen) atoms. The van der Waals surface area contributed by atoms with Gasteiger partial charge < -0.3 is 4.18 Å². The van der Waals surface area contributed by atoms with E-state index in [4.69, 9.17) is 4.18 Å². The summed E-state index contributed by atoms with van der Waals surface area (Å²) in [5.41, 5.74) is 0.476. The molecule has 0 saturated heterocycles. The fourth-order valence-electron chi connectivity index (χ4n) is 2.43. The molecule has 0 aliphatic heterocycles. The van der Waals surface area contributed by atoms with Crippen LogP contribution in [-0.2, 0) is 21.3 Å². The molecular weight excluding hydrogens is 418 g/mol. The van der Waals surface area contributed by atoms with Crippen LogP contribution in [0.1, 0.15) is 5.56 Å². The molecule has 0 heterocycles. The van der Waals surface area contributed by atoms with Crippen molar-refractivity contribution in [2.45, 2.75) is 22.4 Å². The first kappa shape index (κ1) is 21.0. The lowest BCUT2D eigenvalue weighted by Gasteiger charge is -2.10. The van der Waals surface area contributed by atoms with E-state index >= 15 is 0 Å². The molecule has 4 nitrogen and oxygen atoms in total. The third kappa shape index (κ3) is 5.65. The second kappa shape index (κ2) is 9.19. The van der Waals surface area contributed by atoms with E-state index in [0.717, 1.165) is 0 Å². The maximum absolute atomic E-state index is 14.3. The first-order valence-electron chi connectivity index (χ1n) is 8.54. The summed E-state index contributed by atoms with van der Waals surface area (Å²) in [4.78, 5) is 12.1. The third-order valence-electron chi connectivity index (χ3n) is 3.88. The maximum atomic E-state index is 14.3. The Morgan fingerprint density at radius 3 is 2.21 bits per heavy atom. The van der Waals surface area contributed by atoms with Gasteiger partial charge in [-0.3, -0.25) is 4.79 Å². The molecule has 8 heteroatoms. The van der Waals surface area contributed by atoms with Gasteiger partial charge in [0.15, 0.2) is 6.17 Å². The lowest BCUT2D eigenvalue weighted by Crippen LogP contribution is -2.15. The van der Waals surface area contributed by atoms with E-state index in [1.54, 1.807) is 24.3 Å². The van der Waals surface area contributed by atoms with Crippen LogP contribution in [0.2, 0.25) is 0 Å². The fraction of sp³-hybridized carbons (Fsp3) is 0.0952. The molecule has 0 aromatic heterocycles. The molecule has 0 aliphatic rings. The van der Waals surface area contributed by atoms with Gasteiger partial charge in [-0.15, -0.1) is 0 Å². The van der Waals surface area contributed by atoms with Crippen LogP contribution in [0.4, 0.5) is 8.78 Å². The van der Waals surface area contributed by atoms with Crippen molar-refractivity contribution in [2.75, 3.05) is 0 Å². The molecule has 3 aromatic rings. The van der Waals surface area contributed by atoms with Crippen LogP contribution >= 0.6 is 11.8 Å². The molecular formula is C21H16F2O4S2. The number of hydrogen-bond acceptors (Lipinski definition) is 5. The Morgan fingerprint density at radius 1 is 0.931 bits per heavy atom. The van der Waals surface area contributed by atoms with Crippen molar-refractivity contribution >= 4 is 27.0 Å². The van der Waals surface area contributed by atoms with Crippen LogP contribution in [0, 0.1) is 5.82 Å². The van der Waals surface area contributed by atoms with Gasteiger partial charge in [0.05, 0.1) is 4.90 Å². The first-order chi connectivity index (χ1) is 13.8. The Hall–Kier alpha value is -2.71. The summed E-state index contributed by atoms with van der Waals surface area (Å²) in [6.45, 7) is 0. The van der Waals surface area contributed by atoms with Crippen molar-refractivity contribution < 1.29 is 26.2 Å². The van der Waals surface area contributed by atoms with Gasteiger partial charge in [0.2, 0.25) is 5.12 Å². The molecule has 0 amide bonds. The Bertz CT molecular complexity index is 1090. The van der Waals surface area contributed by atoms with Crippen molar-refractivity contribution in [2.24, 2.45) is 0 Å². The average molecular weight is 434 g/mol. The molecule has 0 bridgehead atoms. The Balaban J connectivity index is 1.61. The monoisotopic (exact) mass is 434 g/mol. The van der Waals surface area contributed by atoms with E-state index in [2.05, 4.69) is 0 Å². The molecule has 1 unspecified atom stereocenters. The molecule has 0 fully saturated rings. The molecule has 3 rings (SSSR count). The van der Waals surface area contributed by atoms with Gasteiger partial charge in [-0.05, 0) is 53.7 Å². The van der Waals surface area contributed by atoms with E-state index < -0.39 is 27.2 Å². The lowest BCUT2D eigenvalue weighted by atomic mass is 10.1. The smallest absolute Gasteiger partial charge is 0.339 e. The van der Waals surface area contributed by atoms with Gasteiger partial charge in [0.25, 0.3) is 0 Å². The average Bonchev–Trinajstić information content (AvgIpc) is 2.71. The number of hydrogen-bond donors (Lipinski definition) is 0. The van der Waals surface area contributed by atoms with Gasteiger partial charge in [-0.25, -0.2) is 8.78 Å². The molecule has 150 valence electrons. The van der Waals surface area contributed by atoms with Gasteiger partial charge >= 0.3 is 10.1 Å². The van der Waals surface area contributed by atoms with Crippen LogP contribution in [0.5, 0.6) is 5.75 Å².